The number of aliphatic carboxylic acids is 1. The van der Waals surface area contributed by atoms with E-state index in [1.54, 1.807) is 0 Å². The van der Waals surface area contributed by atoms with Crippen LogP contribution in [0.3, 0.4) is 0 Å². The van der Waals surface area contributed by atoms with E-state index in [1.807, 2.05) is 54.4 Å². The van der Waals surface area contributed by atoms with E-state index in [0.717, 1.165) is 52.6 Å². The molecular weight excluding hydrogens is 882 g/mol. The molecule has 0 spiro atoms. The first-order chi connectivity index (χ1) is 29.6. The van der Waals surface area contributed by atoms with Gasteiger partial charge in [0.05, 0.1) is 45.5 Å². The smallest absolute Gasteiger partial charge is 0.744 e. The fourth-order valence-corrected chi connectivity index (χ4v) is 8.13. The summed E-state index contributed by atoms with van der Waals surface area (Å²) in [6.45, 7) is 9.03. The number of aliphatic imine (C=N–C) groups is 2. The number of hydrogen-bond donors (Lipinski definition) is 2. The monoisotopic (exact) mass is 927 g/mol. The molecule has 4 heterocycles. The van der Waals surface area contributed by atoms with Crippen molar-refractivity contribution in [3.8, 4) is 23.7 Å². The van der Waals surface area contributed by atoms with Crippen molar-refractivity contribution in [3.63, 3.8) is 0 Å². The van der Waals surface area contributed by atoms with Crippen LogP contribution in [0.4, 0.5) is 5.82 Å². The number of hydrogen-bond acceptors (Lipinski definition) is 11. The summed E-state index contributed by atoms with van der Waals surface area (Å²) in [5.74, 6) is 12.9. The van der Waals surface area contributed by atoms with Crippen LogP contribution in [0.15, 0.2) is 128 Å². The number of aryl methyl sites for hydroxylation is 1. The van der Waals surface area contributed by atoms with Gasteiger partial charge in [0, 0.05) is 53.4 Å². The molecule has 0 radical (unpaired) electrons. The van der Waals surface area contributed by atoms with Crippen LogP contribution in [0.1, 0.15) is 82.1 Å². The SMILES string of the molecule is C[n+]1cc(C#Cc2ccc(S(=O)(=O)[O-])cc2)cc2c1N=C(/C=C/C=C1\N=C3C(=CC(C#Cc4ccc(S(=O)(=O)[O-])cc4)=CN3CCCCCC(=O)NCCC(=O)O)C1(C)C)C2(C)C.[K+]. The number of fused-ring (bicyclic) bond motifs is 2. The predicted octanol–water partition coefficient (Wildman–Crippen LogP) is 2.29. The van der Waals surface area contributed by atoms with Crippen LogP contribution in [-0.2, 0) is 42.3 Å². The molecule has 3 aliphatic rings. The van der Waals surface area contributed by atoms with Gasteiger partial charge in [-0.3, -0.25) is 9.59 Å². The number of carbonyl (C=O) groups excluding carboxylic acids is 1. The first-order valence-corrected chi connectivity index (χ1v) is 22.9. The van der Waals surface area contributed by atoms with Crippen LogP contribution < -0.4 is 61.3 Å². The van der Waals surface area contributed by atoms with Crippen LogP contribution in [0.2, 0.25) is 0 Å². The molecule has 0 fully saturated rings. The zero-order valence-corrected chi connectivity index (χ0v) is 41.2. The Bertz CT molecular complexity index is 2910. The zero-order valence-electron chi connectivity index (χ0n) is 36.4. The Morgan fingerprint density at radius 1 is 0.828 bits per heavy atom. The van der Waals surface area contributed by atoms with Gasteiger partial charge in [-0.15, -0.1) is 0 Å². The summed E-state index contributed by atoms with van der Waals surface area (Å²) in [4.78, 5) is 34.5. The molecule has 14 nitrogen and oxygen atoms in total. The fraction of sp³-hybridized carbons (Fsp3) is 0.298. The summed E-state index contributed by atoms with van der Waals surface area (Å²) < 4.78 is 70.1. The number of pyridine rings is 1. The molecule has 0 unspecified atom stereocenters. The summed E-state index contributed by atoms with van der Waals surface area (Å²) in [7, 11) is -7.24. The largest absolute Gasteiger partial charge is 1.00 e. The van der Waals surface area contributed by atoms with Crippen LogP contribution in [0.25, 0.3) is 0 Å². The third kappa shape index (κ3) is 12.3. The molecule has 0 saturated heterocycles. The Kier molecular flexibility index (Phi) is 16.1. The van der Waals surface area contributed by atoms with Crippen molar-refractivity contribution in [1.82, 2.24) is 10.2 Å². The van der Waals surface area contributed by atoms with E-state index in [4.69, 9.17) is 15.1 Å². The minimum atomic E-state index is -4.59. The molecule has 17 heteroatoms. The minimum Gasteiger partial charge on any atom is -0.744 e. The molecule has 0 aliphatic carbocycles. The third-order valence-electron chi connectivity index (χ3n) is 10.9. The Hall–Kier alpha value is -4.79. The van der Waals surface area contributed by atoms with Gasteiger partial charge in [-0.25, -0.2) is 26.4 Å². The number of amides is 1. The van der Waals surface area contributed by atoms with Crippen LogP contribution in [-0.4, -0.2) is 72.5 Å². The number of amidine groups is 1. The van der Waals surface area contributed by atoms with Crippen molar-refractivity contribution in [2.45, 2.75) is 75.0 Å². The molecule has 1 amide bonds. The van der Waals surface area contributed by atoms with E-state index in [0.29, 0.717) is 29.7 Å². The first-order valence-electron chi connectivity index (χ1n) is 20.1. The number of allylic oxidation sites excluding steroid dienone is 6. The van der Waals surface area contributed by atoms with Crippen LogP contribution >= 0.6 is 0 Å². The number of nitrogens with zero attached hydrogens (tertiary/aromatic N) is 4. The van der Waals surface area contributed by atoms with Gasteiger partial charge in [0.15, 0.2) is 5.71 Å². The number of benzene rings is 2. The van der Waals surface area contributed by atoms with Crippen molar-refractivity contribution in [2.75, 3.05) is 13.1 Å². The average molecular weight is 928 g/mol. The predicted molar refractivity (Wildman–Crippen MR) is 234 cm³/mol. The van der Waals surface area contributed by atoms with Gasteiger partial charge < -0.3 is 24.4 Å². The van der Waals surface area contributed by atoms with Crippen molar-refractivity contribution in [1.29, 1.82) is 0 Å². The molecule has 3 aliphatic heterocycles. The number of nitrogens with one attached hydrogen (secondary N) is 1. The van der Waals surface area contributed by atoms with Crippen molar-refractivity contribution in [2.24, 2.45) is 22.4 Å². The fourth-order valence-electron chi connectivity index (χ4n) is 7.19. The van der Waals surface area contributed by atoms with Gasteiger partial charge in [-0.05, 0) is 105 Å². The standard InChI is InChI=1S/C47H47N5O9S2.K/c1-46(2)38-28-34(15-13-32-17-21-36(22-18-32)62(56,57)58)30-51(5)44(38)49-40(46)10-9-11-41-47(3,4)39-29-35(16-14-33-19-23-37(24-20-33)63(59,60)61)31-52(45(39)50-41)27-8-6-7-12-42(53)48-26-25-43(54)55;/h9-11,17-24,28-31H,6-8,12,25-27H2,1-5H3,(H3-,48,53,54,55,56,57,58,59,60,61);/q;+1/p-1. The number of rotatable bonds is 13. The van der Waals surface area contributed by atoms with Crippen molar-refractivity contribution < 1.29 is 96.6 Å². The quantitative estimate of drug-likeness (QED) is 0.0840. The molecule has 2 aromatic carbocycles. The normalized spacial score (nSPS) is 16.5. The summed E-state index contributed by atoms with van der Waals surface area (Å²) >= 11 is 0. The Morgan fingerprint density at radius 2 is 1.42 bits per heavy atom. The summed E-state index contributed by atoms with van der Waals surface area (Å²) in [5, 5.41) is 11.5. The second-order valence-electron chi connectivity index (χ2n) is 16.3. The molecule has 0 saturated carbocycles. The second-order valence-corrected chi connectivity index (χ2v) is 19.0. The van der Waals surface area contributed by atoms with E-state index >= 15 is 0 Å². The average Bonchev–Trinajstić information content (AvgIpc) is 3.62. The van der Waals surface area contributed by atoms with Crippen molar-refractivity contribution in [3.05, 3.63) is 130 Å². The van der Waals surface area contributed by atoms with Gasteiger partial charge in [-0.2, -0.15) is 0 Å². The van der Waals surface area contributed by atoms with E-state index in [2.05, 4.69) is 61.6 Å². The van der Waals surface area contributed by atoms with E-state index in [-0.39, 0.29) is 86.5 Å². The molecule has 2 N–H and O–H groups in total. The number of carbonyl (C=O) groups is 2. The maximum Gasteiger partial charge on any atom is 1.00 e. The molecule has 6 rings (SSSR count). The summed E-state index contributed by atoms with van der Waals surface area (Å²) in [6.07, 6.45) is 14.0. The van der Waals surface area contributed by atoms with E-state index < -0.39 is 37.0 Å². The van der Waals surface area contributed by atoms with Crippen LogP contribution in [0, 0.1) is 29.1 Å². The Balaban J connectivity index is 0.00000771. The second kappa shape index (κ2) is 20.6. The number of carboxylic acid groups (broad SMARTS) is 1. The maximum absolute atomic E-state index is 12.2. The molecule has 326 valence electrons. The van der Waals surface area contributed by atoms with E-state index in [9.17, 15) is 35.5 Å². The Labute approximate surface area is 417 Å². The summed E-state index contributed by atoms with van der Waals surface area (Å²) in [5.41, 5.74) is 5.12. The zero-order chi connectivity index (χ0) is 45.7. The van der Waals surface area contributed by atoms with Crippen LogP contribution in [0.5, 0.6) is 0 Å². The molecule has 0 bridgehead atoms. The minimum absolute atomic E-state index is 0. The van der Waals surface area contributed by atoms with Gasteiger partial charge in [-0.1, -0.05) is 50.0 Å². The number of carboxylic acids is 1. The van der Waals surface area contributed by atoms with Gasteiger partial charge in [0.25, 0.3) is 0 Å². The molecule has 1 aromatic heterocycles. The van der Waals surface area contributed by atoms with Crippen molar-refractivity contribution >= 4 is 49.5 Å². The molecule has 3 aromatic rings. The van der Waals surface area contributed by atoms with Gasteiger partial charge in [0.1, 0.15) is 32.3 Å². The number of unbranched alkanes of at least 4 members (excludes halogenated alkanes) is 2. The van der Waals surface area contributed by atoms with E-state index in [1.165, 1.54) is 48.5 Å². The maximum atomic E-state index is 12.2. The Morgan fingerprint density at radius 3 is 2.02 bits per heavy atom. The number of aromatic nitrogens is 1. The van der Waals surface area contributed by atoms with Gasteiger partial charge >= 0.3 is 63.2 Å². The summed E-state index contributed by atoms with van der Waals surface area (Å²) in [6, 6.07) is 12.9. The molecular formula is C47H46KN5O9S2. The third-order valence-corrected chi connectivity index (χ3v) is 12.6. The van der Waals surface area contributed by atoms with Gasteiger partial charge in [0.2, 0.25) is 5.91 Å². The molecule has 64 heavy (non-hydrogen) atoms. The first kappa shape index (κ1) is 50.2. The topological polar surface area (TPSA) is 213 Å². The molecule has 0 atom stereocenters.